The van der Waals surface area contributed by atoms with Crippen LogP contribution in [0.2, 0.25) is 0 Å². The molecule has 1 aromatic carbocycles. The summed E-state index contributed by atoms with van der Waals surface area (Å²) in [5, 5.41) is 6.34. The van der Waals surface area contributed by atoms with Crippen LogP contribution in [0.5, 0.6) is 0 Å². The molecule has 1 atom stereocenters. The predicted molar refractivity (Wildman–Crippen MR) is 92.6 cm³/mol. The highest BCUT2D eigenvalue weighted by Gasteiger charge is 2.22. The number of carbonyl (C=O) groups is 1. The molecule has 1 amide bonds. The van der Waals surface area contributed by atoms with Crippen LogP contribution in [-0.4, -0.2) is 31.6 Å². The predicted octanol–water partition coefficient (Wildman–Crippen LogP) is 2.47. The molecule has 0 aliphatic carbocycles. The van der Waals surface area contributed by atoms with Crippen LogP contribution in [0.1, 0.15) is 37.7 Å². The minimum atomic E-state index is 0. The minimum Gasteiger partial charge on any atom is -0.371 e. The number of benzene rings is 1. The lowest BCUT2D eigenvalue weighted by Gasteiger charge is -2.30. The maximum atomic E-state index is 12.1. The zero-order valence-electron chi connectivity index (χ0n) is 13.0. The lowest BCUT2D eigenvalue weighted by Crippen LogP contribution is -2.40. The standard InChI is InChI=1S/C17H25N3O.ClH/c21-17(15-8-6-10-18-15)19-13-14-7-2-3-9-16(14)20-11-4-1-5-12-20;/h2-3,7,9,15,18H,1,4-6,8,10-13H2,(H,19,21);1H. The third kappa shape index (κ3) is 4.14. The third-order valence-corrected chi connectivity index (χ3v) is 4.52. The van der Waals surface area contributed by atoms with E-state index < -0.39 is 0 Å². The molecule has 2 saturated heterocycles. The Labute approximate surface area is 139 Å². The van der Waals surface area contributed by atoms with E-state index in [2.05, 4.69) is 39.8 Å². The summed E-state index contributed by atoms with van der Waals surface area (Å²) in [7, 11) is 0. The van der Waals surface area contributed by atoms with Crippen molar-refractivity contribution in [3.63, 3.8) is 0 Å². The first-order chi connectivity index (χ1) is 10.3. The number of amides is 1. The smallest absolute Gasteiger partial charge is 0.237 e. The molecule has 4 nitrogen and oxygen atoms in total. The molecule has 2 aliphatic heterocycles. The van der Waals surface area contributed by atoms with Gasteiger partial charge in [-0.15, -0.1) is 12.4 Å². The van der Waals surface area contributed by atoms with E-state index in [4.69, 9.17) is 0 Å². The van der Waals surface area contributed by atoms with Crippen molar-refractivity contribution in [2.75, 3.05) is 24.5 Å². The lowest BCUT2D eigenvalue weighted by atomic mass is 10.1. The van der Waals surface area contributed by atoms with E-state index in [0.717, 1.165) is 32.5 Å². The molecule has 2 heterocycles. The van der Waals surface area contributed by atoms with Gasteiger partial charge in [0.1, 0.15) is 0 Å². The van der Waals surface area contributed by atoms with Crippen molar-refractivity contribution < 1.29 is 4.79 Å². The molecule has 3 rings (SSSR count). The summed E-state index contributed by atoms with van der Waals surface area (Å²) >= 11 is 0. The van der Waals surface area contributed by atoms with Crippen LogP contribution >= 0.6 is 12.4 Å². The Hall–Kier alpha value is -1.26. The topological polar surface area (TPSA) is 44.4 Å². The number of rotatable bonds is 4. The van der Waals surface area contributed by atoms with Crippen LogP contribution in [0.15, 0.2) is 24.3 Å². The molecule has 2 fully saturated rings. The molecular weight excluding hydrogens is 298 g/mol. The largest absolute Gasteiger partial charge is 0.371 e. The zero-order valence-corrected chi connectivity index (χ0v) is 13.8. The van der Waals surface area contributed by atoms with E-state index in [9.17, 15) is 4.79 Å². The molecule has 122 valence electrons. The van der Waals surface area contributed by atoms with E-state index in [0.29, 0.717) is 6.54 Å². The molecule has 2 N–H and O–H groups in total. The normalized spacial score (nSPS) is 21.3. The maximum absolute atomic E-state index is 12.1. The summed E-state index contributed by atoms with van der Waals surface area (Å²) in [4.78, 5) is 14.6. The Morgan fingerprint density at radius 3 is 2.68 bits per heavy atom. The average molecular weight is 324 g/mol. The highest BCUT2D eigenvalue weighted by molar-refractivity contribution is 5.85. The van der Waals surface area contributed by atoms with Crippen molar-refractivity contribution >= 4 is 24.0 Å². The molecule has 0 spiro atoms. The van der Waals surface area contributed by atoms with Gasteiger partial charge >= 0.3 is 0 Å². The van der Waals surface area contributed by atoms with Crippen LogP contribution in [0.4, 0.5) is 5.69 Å². The van der Waals surface area contributed by atoms with Crippen molar-refractivity contribution in [2.45, 2.75) is 44.7 Å². The van der Waals surface area contributed by atoms with Gasteiger partial charge in [0.15, 0.2) is 0 Å². The summed E-state index contributed by atoms with van der Waals surface area (Å²) in [5.41, 5.74) is 2.52. The monoisotopic (exact) mass is 323 g/mol. The second-order valence-corrected chi connectivity index (χ2v) is 6.04. The van der Waals surface area contributed by atoms with E-state index in [1.54, 1.807) is 0 Å². The molecule has 22 heavy (non-hydrogen) atoms. The van der Waals surface area contributed by atoms with Crippen molar-refractivity contribution in [1.82, 2.24) is 10.6 Å². The maximum Gasteiger partial charge on any atom is 0.237 e. The van der Waals surface area contributed by atoms with Gasteiger partial charge in [-0.2, -0.15) is 0 Å². The van der Waals surface area contributed by atoms with Crippen molar-refractivity contribution in [2.24, 2.45) is 0 Å². The average Bonchev–Trinajstić information content (AvgIpc) is 3.08. The number of para-hydroxylation sites is 1. The van der Waals surface area contributed by atoms with Gasteiger partial charge in [0.05, 0.1) is 6.04 Å². The van der Waals surface area contributed by atoms with Gasteiger partial charge in [-0.25, -0.2) is 0 Å². The lowest BCUT2D eigenvalue weighted by molar-refractivity contribution is -0.122. The summed E-state index contributed by atoms with van der Waals surface area (Å²) < 4.78 is 0. The molecule has 5 heteroatoms. The number of piperidine rings is 1. The summed E-state index contributed by atoms with van der Waals surface area (Å²) in [6.07, 6.45) is 5.93. The van der Waals surface area contributed by atoms with E-state index in [1.807, 2.05) is 0 Å². The fourth-order valence-corrected chi connectivity index (χ4v) is 3.32. The van der Waals surface area contributed by atoms with Crippen molar-refractivity contribution in [3.8, 4) is 0 Å². The Morgan fingerprint density at radius 1 is 1.18 bits per heavy atom. The SMILES string of the molecule is Cl.O=C(NCc1ccccc1N1CCCCC1)C1CCCN1. The molecule has 0 bridgehead atoms. The number of carbonyl (C=O) groups excluding carboxylic acids is 1. The van der Waals surface area contributed by atoms with Gasteiger partial charge in [-0.3, -0.25) is 4.79 Å². The first kappa shape index (κ1) is 17.1. The van der Waals surface area contributed by atoms with Gasteiger partial charge < -0.3 is 15.5 Å². The molecule has 1 unspecified atom stereocenters. The number of nitrogens with zero attached hydrogens (tertiary/aromatic N) is 1. The molecule has 0 radical (unpaired) electrons. The van der Waals surface area contributed by atoms with E-state index in [-0.39, 0.29) is 24.4 Å². The number of hydrogen-bond donors (Lipinski definition) is 2. The Morgan fingerprint density at radius 2 is 1.95 bits per heavy atom. The summed E-state index contributed by atoms with van der Waals surface area (Å²) in [6.45, 7) is 3.86. The number of nitrogens with one attached hydrogen (secondary N) is 2. The number of anilines is 1. The molecular formula is C17H26ClN3O. The van der Waals surface area contributed by atoms with Gasteiger partial charge in [0.25, 0.3) is 0 Å². The summed E-state index contributed by atoms with van der Waals surface area (Å²) in [6, 6.07) is 8.47. The van der Waals surface area contributed by atoms with Gasteiger partial charge in [0, 0.05) is 25.3 Å². The highest BCUT2D eigenvalue weighted by Crippen LogP contribution is 2.24. The van der Waals surface area contributed by atoms with Crippen LogP contribution < -0.4 is 15.5 Å². The quantitative estimate of drug-likeness (QED) is 0.894. The Balaban J connectivity index is 0.00000176. The van der Waals surface area contributed by atoms with Gasteiger partial charge in [-0.05, 0) is 50.3 Å². The fourth-order valence-electron chi connectivity index (χ4n) is 3.32. The van der Waals surface area contributed by atoms with E-state index >= 15 is 0 Å². The summed E-state index contributed by atoms with van der Waals surface area (Å²) in [5.74, 6) is 0.140. The van der Waals surface area contributed by atoms with Crippen molar-refractivity contribution in [1.29, 1.82) is 0 Å². The van der Waals surface area contributed by atoms with Crippen molar-refractivity contribution in [3.05, 3.63) is 29.8 Å². The number of hydrogen-bond acceptors (Lipinski definition) is 3. The van der Waals surface area contributed by atoms with E-state index in [1.165, 1.54) is 30.5 Å². The first-order valence-corrected chi connectivity index (χ1v) is 8.18. The van der Waals surface area contributed by atoms with Crippen LogP contribution in [0.25, 0.3) is 0 Å². The zero-order chi connectivity index (χ0) is 14.5. The molecule has 2 aliphatic rings. The number of halogens is 1. The first-order valence-electron chi connectivity index (χ1n) is 8.18. The minimum absolute atomic E-state index is 0. The van der Waals surface area contributed by atoms with Crippen LogP contribution in [-0.2, 0) is 11.3 Å². The van der Waals surface area contributed by atoms with Crippen LogP contribution in [0, 0.1) is 0 Å². The third-order valence-electron chi connectivity index (χ3n) is 4.52. The van der Waals surface area contributed by atoms with Crippen LogP contribution in [0.3, 0.4) is 0 Å². The fraction of sp³-hybridized carbons (Fsp3) is 0.588. The molecule has 1 aromatic rings. The second kappa shape index (κ2) is 8.39. The molecule has 0 saturated carbocycles. The molecule has 0 aromatic heterocycles. The highest BCUT2D eigenvalue weighted by atomic mass is 35.5. The second-order valence-electron chi connectivity index (χ2n) is 6.04. The Bertz CT molecular complexity index is 483. The van der Waals surface area contributed by atoms with Gasteiger partial charge in [0.2, 0.25) is 5.91 Å². The Kier molecular flexibility index (Phi) is 6.52. The van der Waals surface area contributed by atoms with Gasteiger partial charge in [-0.1, -0.05) is 18.2 Å².